The number of aromatic nitrogens is 3. The molecule has 0 aliphatic carbocycles. The van der Waals surface area contributed by atoms with E-state index in [4.69, 9.17) is 14.2 Å². The molecule has 0 saturated carbocycles. The van der Waals surface area contributed by atoms with Crippen LogP contribution in [0.1, 0.15) is 20.8 Å². The van der Waals surface area contributed by atoms with Crippen molar-refractivity contribution in [1.29, 1.82) is 0 Å². The number of nitrogens with zero attached hydrogens (tertiary/aromatic N) is 3. The highest BCUT2D eigenvalue weighted by molar-refractivity contribution is 5.86. The molecule has 1 aromatic heterocycles. The van der Waals surface area contributed by atoms with Gasteiger partial charge in [0.15, 0.2) is 0 Å². The van der Waals surface area contributed by atoms with Crippen LogP contribution in [0.2, 0.25) is 0 Å². The molecule has 24 heavy (non-hydrogen) atoms. The van der Waals surface area contributed by atoms with Gasteiger partial charge in [0.1, 0.15) is 0 Å². The van der Waals surface area contributed by atoms with Gasteiger partial charge in [0.05, 0.1) is 19.8 Å². The smallest absolute Gasteiger partial charge is 0.414 e. The first kappa shape index (κ1) is 18.9. The van der Waals surface area contributed by atoms with Crippen LogP contribution in [0.4, 0.5) is 32.2 Å². The molecule has 0 fully saturated rings. The van der Waals surface area contributed by atoms with Crippen LogP contribution < -0.4 is 16.0 Å². The van der Waals surface area contributed by atoms with Crippen LogP contribution in [0.5, 0.6) is 0 Å². The van der Waals surface area contributed by atoms with E-state index in [9.17, 15) is 14.4 Å². The Morgan fingerprint density at radius 3 is 1.12 bits per heavy atom. The van der Waals surface area contributed by atoms with Crippen LogP contribution in [-0.2, 0) is 14.2 Å². The van der Waals surface area contributed by atoms with Crippen molar-refractivity contribution in [1.82, 2.24) is 15.0 Å². The second-order valence-corrected chi connectivity index (χ2v) is 3.84. The van der Waals surface area contributed by atoms with E-state index >= 15 is 0 Å². The minimum atomic E-state index is -0.812. The fourth-order valence-electron chi connectivity index (χ4n) is 1.32. The Kier molecular flexibility index (Phi) is 7.67. The molecule has 0 bridgehead atoms. The van der Waals surface area contributed by atoms with Crippen molar-refractivity contribution in [2.75, 3.05) is 35.8 Å². The largest absolute Gasteiger partial charge is 0.450 e. The molecule has 0 aliphatic rings. The van der Waals surface area contributed by atoms with Gasteiger partial charge in [0.2, 0.25) is 17.8 Å². The number of nitrogens with one attached hydrogen (secondary N) is 3. The van der Waals surface area contributed by atoms with Crippen LogP contribution in [0.15, 0.2) is 0 Å². The molecule has 12 heteroatoms. The second-order valence-electron chi connectivity index (χ2n) is 3.84. The van der Waals surface area contributed by atoms with E-state index in [0.717, 1.165) is 0 Å². The zero-order chi connectivity index (χ0) is 17.9. The summed E-state index contributed by atoms with van der Waals surface area (Å²) in [6, 6.07) is 0. The van der Waals surface area contributed by atoms with E-state index in [-0.39, 0.29) is 37.7 Å². The third kappa shape index (κ3) is 6.72. The molecule has 3 amide bonds. The predicted molar refractivity (Wildman–Crippen MR) is 81.8 cm³/mol. The molecule has 0 saturated heterocycles. The van der Waals surface area contributed by atoms with Gasteiger partial charge in [-0.25, -0.2) is 14.4 Å². The SMILES string of the molecule is CCOC(=O)Nc1nc(NC(=O)OCC)nc(NC(=O)OCC)n1. The second kappa shape index (κ2) is 9.76. The molecule has 0 aliphatic heterocycles. The van der Waals surface area contributed by atoms with Gasteiger partial charge in [0.25, 0.3) is 0 Å². The van der Waals surface area contributed by atoms with Crippen molar-refractivity contribution in [3.05, 3.63) is 0 Å². The van der Waals surface area contributed by atoms with Crippen LogP contribution in [-0.4, -0.2) is 53.1 Å². The van der Waals surface area contributed by atoms with Crippen molar-refractivity contribution in [2.24, 2.45) is 0 Å². The number of hydrogen-bond acceptors (Lipinski definition) is 9. The van der Waals surface area contributed by atoms with Gasteiger partial charge in [-0.1, -0.05) is 0 Å². The van der Waals surface area contributed by atoms with Gasteiger partial charge in [-0.2, -0.15) is 15.0 Å². The fraction of sp³-hybridized carbons (Fsp3) is 0.500. The standard InChI is InChI=1S/C12H18N6O6/c1-4-22-10(19)16-7-13-8(17-11(20)23-5-2)15-9(14-7)18-12(21)24-6-3/h4-6H2,1-3H3,(H3,13,14,15,16,17,18,19,20,21). The first-order valence-electron chi connectivity index (χ1n) is 7.05. The molecule has 1 aromatic rings. The highest BCUT2D eigenvalue weighted by Crippen LogP contribution is 2.10. The lowest BCUT2D eigenvalue weighted by molar-refractivity contribution is 0.167. The zero-order valence-electron chi connectivity index (χ0n) is 13.4. The number of anilines is 3. The Morgan fingerprint density at radius 1 is 0.667 bits per heavy atom. The zero-order valence-corrected chi connectivity index (χ0v) is 13.4. The van der Waals surface area contributed by atoms with Gasteiger partial charge in [0, 0.05) is 0 Å². The average Bonchev–Trinajstić information content (AvgIpc) is 2.47. The fourth-order valence-corrected chi connectivity index (χ4v) is 1.32. The van der Waals surface area contributed by atoms with Gasteiger partial charge >= 0.3 is 18.3 Å². The average molecular weight is 342 g/mol. The van der Waals surface area contributed by atoms with Crippen molar-refractivity contribution in [3.63, 3.8) is 0 Å². The monoisotopic (exact) mass is 342 g/mol. The van der Waals surface area contributed by atoms with E-state index in [1.807, 2.05) is 0 Å². The van der Waals surface area contributed by atoms with E-state index in [2.05, 4.69) is 30.9 Å². The predicted octanol–water partition coefficient (Wildman–Crippen LogP) is 1.58. The maximum Gasteiger partial charge on any atom is 0.414 e. The molecule has 1 rings (SSSR count). The summed E-state index contributed by atoms with van der Waals surface area (Å²) < 4.78 is 14.1. The van der Waals surface area contributed by atoms with Crippen LogP contribution in [0, 0.1) is 0 Å². The molecule has 0 aromatic carbocycles. The molecule has 0 unspecified atom stereocenters. The molecular weight excluding hydrogens is 324 g/mol. The maximum atomic E-state index is 11.4. The Labute approximate surface area is 137 Å². The topological polar surface area (TPSA) is 154 Å². The number of amides is 3. The molecule has 12 nitrogen and oxygen atoms in total. The first-order chi connectivity index (χ1) is 11.5. The van der Waals surface area contributed by atoms with E-state index < -0.39 is 18.3 Å². The highest BCUT2D eigenvalue weighted by Gasteiger charge is 2.14. The lowest BCUT2D eigenvalue weighted by atomic mass is 10.7. The Balaban J connectivity index is 2.97. The summed E-state index contributed by atoms with van der Waals surface area (Å²) in [6.07, 6.45) is -2.44. The minimum Gasteiger partial charge on any atom is -0.450 e. The minimum absolute atomic E-state index is 0.138. The number of carbonyl (C=O) groups is 3. The normalized spacial score (nSPS) is 9.62. The third-order valence-electron chi connectivity index (χ3n) is 2.10. The van der Waals surface area contributed by atoms with E-state index in [1.54, 1.807) is 20.8 Å². The lowest BCUT2D eigenvalue weighted by Gasteiger charge is -2.09. The summed E-state index contributed by atoms with van der Waals surface area (Å²) in [5.74, 6) is -0.744. The van der Waals surface area contributed by atoms with Crippen LogP contribution in [0.3, 0.4) is 0 Å². The Bertz CT molecular complexity index is 502. The number of hydrogen-bond donors (Lipinski definition) is 3. The summed E-state index contributed by atoms with van der Waals surface area (Å²) in [7, 11) is 0. The molecule has 0 atom stereocenters. The molecule has 132 valence electrons. The van der Waals surface area contributed by atoms with Crippen LogP contribution in [0.25, 0.3) is 0 Å². The summed E-state index contributed by atoms with van der Waals surface area (Å²) in [6.45, 7) is 5.27. The van der Waals surface area contributed by atoms with Gasteiger partial charge in [-0.05, 0) is 20.8 Å². The van der Waals surface area contributed by atoms with Crippen molar-refractivity contribution in [2.45, 2.75) is 20.8 Å². The molecular formula is C12H18N6O6. The summed E-state index contributed by atoms with van der Waals surface area (Å²) in [4.78, 5) is 45.7. The molecule has 3 N–H and O–H groups in total. The maximum absolute atomic E-state index is 11.4. The van der Waals surface area contributed by atoms with E-state index in [0.29, 0.717) is 0 Å². The number of rotatable bonds is 6. The number of carbonyl (C=O) groups excluding carboxylic acids is 3. The summed E-state index contributed by atoms with van der Waals surface area (Å²) in [5, 5.41) is 6.68. The van der Waals surface area contributed by atoms with Gasteiger partial charge in [-0.15, -0.1) is 0 Å². The Hall–Kier alpha value is -3.18. The summed E-state index contributed by atoms with van der Waals surface area (Å²) in [5.41, 5.74) is 0. The van der Waals surface area contributed by atoms with Crippen LogP contribution >= 0.6 is 0 Å². The van der Waals surface area contributed by atoms with E-state index in [1.165, 1.54) is 0 Å². The van der Waals surface area contributed by atoms with Crippen molar-refractivity contribution >= 4 is 36.1 Å². The summed E-state index contributed by atoms with van der Waals surface area (Å²) >= 11 is 0. The lowest BCUT2D eigenvalue weighted by Crippen LogP contribution is -2.22. The molecule has 1 heterocycles. The Morgan fingerprint density at radius 2 is 0.917 bits per heavy atom. The molecule has 0 spiro atoms. The van der Waals surface area contributed by atoms with Crippen molar-refractivity contribution in [3.8, 4) is 0 Å². The first-order valence-corrected chi connectivity index (χ1v) is 7.05. The quantitative estimate of drug-likeness (QED) is 0.653. The van der Waals surface area contributed by atoms with Gasteiger partial charge in [-0.3, -0.25) is 16.0 Å². The van der Waals surface area contributed by atoms with Gasteiger partial charge < -0.3 is 14.2 Å². The molecule has 0 radical (unpaired) electrons. The number of ether oxygens (including phenoxy) is 3. The van der Waals surface area contributed by atoms with Crippen molar-refractivity contribution < 1.29 is 28.6 Å². The highest BCUT2D eigenvalue weighted by atomic mass is 16.6. The third-order valence-corrected chi connectivity index (χ3v) is 2.10.